The third-order valence-electron chi connectivity index (χ3n) is 2.89. The van der Waals surface area contributed by atoms with Crippen molar-refractivity contribution in [3.63, 3.8) is 0 Å². The molecule has 0 radical (unpaired) electrons. The smallest absolute Gasteiger partial charge is 0.335 e. The van der Waals surface area contributed by atoms with Gasteiger partial charge in [-0.15, -0.1) is 0 Å². The van der Waals surface area contributed by atoms with Gasteiger partial charge in [-0.1, -0.05) is 17.7 Å². The minimum atomic E-state index is -4.98. The Bertz CT molecular complexity index is 829. The first-order valence-corrected chi connectivity index (χ1v) is 10.4. The van der Waals surface area contributed by atoms with Crippen LogP contribution >= 0.6 is 0 Å². The molecule has 0 saturated carbocycles. The van der Waals surface area contributed by atoms with E-state index in [2.05, 4.69) is 5.32 Å². The summed E-state index contributed by atoms with van der Waals surface area (Å²) in [5.74, 6) is -1.54. The van der Waals surface area contributed by atoms with E-state index in [-0.39, 0.29) is 15.8 Å². The Hall–Kier alpha value is -2.54. The van der Waals surface area contributed by atoms with Gasteiger partial charge in [0, 0.05) is 0 Å². The number of aromatic carboxylic acids is 1. The molecule has 1 amide bonds. The van der Waals surface area contributed by atoms with Gasteiger partial charge in [0.2, 0.25) is 0 Å². The molecule has 0 saturated heterocycles. The van der Waals surface area contributed by atoms with Crippen LogP contribution in [0.4, 0.5) is 5.69 Å². The Labute approximate surface area is 146 Å². The normalized spacial score (nSPS) is 10.4. The standard InChI is InChI=1S/C8H10AsNO5.C8H8O2/c1-5(11)10-7-4-6(9(13,14)15)2-3-8(7)12;1-6-3-2-4-7(5-6)8(9)10/h2-4,12H,1H3,(H,10,11)(H2,13,14,15);2-5H,1H3,(H,9,10). The number of carbonyl (C=O) groups is 2. The molecule has 0 spiro atoms. The van der Waals surface area contributed by atoms with E-state index in [4.69, 9.17) is 13.3 Å². The van der Waals surface area contributed by atoms with Crippen LogP contribution in [0, 0.1) is 6.92 Å². The second-order valence-corrected chi connectivity index (χ2v) is 8.47. The molecular formula is C16H18AsNO7. The number of carboxylic acid groups (broad SMARTS) is 1. The molecule has 5 N–H and O–H groups in total. The second kappa shape index (κ2) is 8.52. The van der Waals surface area contributed by atoms with Crippen molar-refractivity contribution in [2.45, 2.75) is 13.8 Å². The number of phenolic OH excluding ortho intramolecular Hbond substituents is 1. The maximum absolute atomic E-state index is 10.9. The van der Waals surface area contributed by atoms with Crippen LogP contribution in [0.25, 0.3) is 0 Å². The molecule has 0 unspecified atom stereocenters. The van der Waals surface area contributed by atoms with E-state index in [9.17, 15) is 18.4 Å². The minimum Gasteiger partial charge on any atom is -0.478 e. The molecule has 2 aromatic rings. The van der Waals surface area contributed by atoms with Crippen molar-refractivity contribution < 1.29 is 31.7 Å². The van der Waals surface area contributed by atoms with E-state index in [1.54, 1.807) is 18.2 Å². The van der Waals surface area contributed by atoms with Gasteiger partial charge in [-0.05, 0) is 19.1 Å². The number of carbonyl (C=O) groups excluding carboxylic acids is 1. The Morgan fingerprint density at radius 2 is 1.72 bits per heavy atom. The van der Waals surface area contributed by atoms with E-state index < -0.39 is 26.0 Å². The van der Waals surface area contributed by atoms with Crippen molar-refractivity contribution in [1.29, 1.82) is 0 Å². The van der Waals surface area contributed by atoms with E-state index in [1.165, 1.54) is 6.92 Å². The van der Waals surface area contributed by atoms with E-state index in [0.717, 1.165) is 23.8 Å². The largest absolute Gasteiger partial charge is 0.478 e. The number of hydrogen-bond acceptors (Lipinski definition) is 4. The SMILES string of the molecule is CC(=O)Nc1cc([As](=O)(O)O)ccc1O.Cc1cccc(C(=O)O)c1. The second-order valence-electron chi connectivity index (χ2n) is 5.10. The van der Waals surface area contributed by atoms with Crippen LogP contribution in [-0.2, 0) is 8.53 Å². The molecule has 25 heavy (non-hydrogen) atoms. The first-order chi connectivity index (χ1) is 11.5. The molecule has 8 nitrogen and oxygen atoms in total. The molecule has 0 atom stereocenters. The van der Waals surface area contributed by atoms with E-state index in [1.807, 2.05) is 13.0 Å². The molecule has 2 rings (SSSR count). The van der Waals surface area contributed by atoms with Crippen molar-refractivity contribution in [2.75, 3.05) is 5.32 Å². The summed E-state index contributed by atoms with van der Waals surface area (Å²) in [6.45, 7) is 3.10. The first kappa shape index (κ1) is 20.5. The minimum absolute atomic E-state index is 0.00951. The number of hydrogen-bond donors (Lipinski definition) is 5. The average Bonchev–Trinajstić information content (AvgIpc) is 2.48. The number of rotatable bonds is 3. The summed E-state index contributed by atoms with van der Waals surface area (Å²) in [7, 11) is 0. The summed E-state index contributed by atoms with van der Waals surface area (Å²) in [5, 5.41) is 20.1. The number of carboxylic acids is 1. The van der Waals surface area contributed by atoms with Gasteiger partial charge < -0.3 is 5.11 Å². The van der Waals surface area contributed by atoms with Gasteiger partial charge in [0.15, 0.2) is 0 Å². The third-order valence-corrected chi connectivity index (χ3v) is 4.89. The molecule has 0 aliphatic carbocycles. The topological polar surface area (TPSA) is 144 Å². The predicted molar refractivity (Wildman–Crippen MR) is 91.1 cm³/mol. The molecule has 0 bridgehead atoms. The van der Waals surface area contributed by atoms with Crippen LogP contribution in [0.1, 0.15) is 22.8 Å². The zero-order valence-electron chi connectivity index (χ0n) is 13.5. The van der Waals surface area contributed by atoms with Crippen LogP contribution in [0.3, 0.4) is 0 Å². The number of amides is 1. The fraction of sp³-hybridized carbons (Fsp3) is 0.125. The average molecular weight is 411 g/mol. The van der Waals surface area contributed by atoms with Crippen molar-refractivity contribution in [1.82, 2.24) is 0 Å². The summed E-state index contributed by atoms with van der Waals surface area (Å²) in [6.07, 6.45) is 0. The number of anilines is 1. The summed E-state index contributed by atoms with van der Waals surface area (Å²) in [4.78, 5) is 21.1. The fourth-order valence-corrected chi connectivity index (χ4v) is 2.96. The van der Waals surface area contributed by atoms with Gasteiger partial charge in [-0.2, -0.15) is 0 Å². The number of benzene rings is 2. The molecule has 9 heteroatoms. The summed E-state index contributed by atoms with van der Waals surface area (Å²) < 4.78 is 28.6. The van der Waals surface area contributed by atoms with Crippen LogP contribution in [0.15, 0.2) is 42.5 Å². The fourth-order valence-electron chi connectivity index (χ4n) is 1.77. The van der Waals surface area contributed by atoms with Crippen molar-refractivity contribution in [3.05, 3.63) is 53.6 Å². The van der Waals surface area contributed by atoms with E-state index >= 15 is 0 Å². The van der Waals surface area contributed by atoms with Gasteiger partial charge >= 0.3 is 94.1 Å². The summed E-state index contributed by atoms with van der Waals surface area (Å²) >= 11 is -4.98. The Kier molecular flexibility index (Phi) is 6.99. The first-order valence-electron chi connectivity index (χ1n) is 6.97. The van der Waals surface area contributed by atoms with Gasteiger partial charge in [-0.25, -0.2) is 4.79 Å². The molecule has 2 aromatic carbocycles. The van der Waals surface area contributed by atoms with Crippen LogP contribution in [0.2, 0.25) is 0 Å². The van der Waals surface area contributed by atoms with Crippen molar-refractivity contribution in [3.8, 4) is 5.75 Å². The number of phenols is 1. The zero-order chi connectivity index (χ0) is 19.2. The number of aryl methyl sites for hydroxylation is 1. The van der Waals surface area contributed by atoms with Gasteiger partial charge in [-0.3, -0.25) is 0 Å². The van der Waals surface area contributed by atoms with Gasteiger partial charge in [0.05, 0.1) is 5.56 Å². The number of aromatic hydroxyl groups is 1. The molecule has 0 aromatic heterocycles. The Balaban J connectivity index is 0.000000271. The van der Waals surface area contributed by atoms with Crippen LogP contribution < -0.4 is 9.67 Å². The van der Waals surface area contributed by atoms with Crippen LogP contribution in [0.5, 0.6) is 5.75 Å². The molecule has 134 valence electrons. The monoisotopic (exact) mass is 411 g/mol. The third kappa shape index (κ3) is 6.84. The molecular weight excluding hydrogens is 393 g/mol. The van der Waals surface area contributed by atoms with Gasteiger partial charge in [0.1, 0.15) is 0 Å². The maximum atomic E-state index is 10.9. The molecule has 0 fully saturated rings. The summed E-state index contributed by atoms with van der Waals surface area (Å²) in [5.41, 5.74) is 1.31. The van der Waals surface area contributed by atoms with E-state index in [0.29, 0.717) is 5.56 Å². The zero-order valence-corrected chi connectivity index (χ0v) is 15.4. The van der Waals surface area contributed by atoms with Crippen LogP contribution in [-0.4, -0.2) is 44.5 Å². The molecule has 0 aliphatic rings. The van der Waals surface area contributed by atoms with Gasteiger partial charge in [0.25, 0.3) is 0 Å². The van der Waals surface area contributed by atoms with Crippen molar-refractivity contribution >= 4 is 36.1 Å². The quantitative estimate of drug-likeness (QED) is 0.368. The Morgan fingerprint density at radius 3 is 2.16 bits per heavy atom. The molecule has 0 aliphatic heterocycles. The maximum Gasteiger partial charge on any atom is 0.335 e. The molecule has 0 heterocycles. The predicted octanol–water partition coefficient (Wildman–Crippen LogP) is 0.605. The van der Waals surface area contributed by atoms with Crippen molar-refractivity contribution in [2.24, 2.45) is 0 Å². The number of nitrogens with one attached hydrogen (secondary N) is 1. The summed E-state index contributed by atoms with van der Waals surface area (Å²) in [6, 6.07) is 10.1. The Morgan fingerprint density at radius 1 is 1.08 bits per heavy atom.